The molecule has 1 saturated heterocycles. The number of guanidine groups is 1. The van der Waals surface area contributed by atoms with E-state index < -0.39 is 0 Å². The summed E-state index contributed by atoms with van der Waals surface area (Å²) < 4.78 is 24.0. The molecule has 1 fully saturated rings. The predicted octanol–water partition coefficient (Wildman–Crippen LogP) is 2.60. The lowest BCUT2D eigenvalue weighted by Gasteiger charge is -2.27. The van der Waals surface area contributed by atoms with Crippen molar-refractivity contribution in [1.29, 1.82) is 0 Å². The zero-order valence-corrected chi connectivity index (χ0v) is 18.8. The molecule has 0 amide bonds. The van der Waals surface area contributed by atoms with E-state index in [2.05, 4.69) is 20.6 Å². The number of hydrogen-bond acceptors (Lipinski definition) is 5. The highest BCUT2D eigenvalue weighted by Crippen LogP contribution is 2.31. The van der Waals surface area contributed by atoms with Crippen molar-refractivity contribution in [1.82, 2.24) is 15.6 Å². The largest absolute Gasteiger partial charge is 0.444 e. The van der Waals surface area contributed by atoms with Gasteiger partial charge in [0.2, 0.25) is 5.89 Å². The van der Waals surface area contributed by atoms with Gasteiger partial charge in [-0.1, -0.05) is 0 Å². The molecule has 0 aliphatic carbocycles. The summed E-state index contributed by atoms with van der Waals surface area (Å²) >= 11 is 0. The van der Waals surface area contributed by atoms with E-state index in [1.54, 1.807) is 25.4 Å². The van der Waals surface area contributed by atoms with Crippen LogP contribution in [0.5, 0.6) is 0 Å². The quantitative estimate of drug-likeness (QED) is 0.283. The number of hydrogen-bond donors (Lipinski definition) is 3. The number of aliphatic hydroxyl groups is 1. The summed E-state index contributed by atoms with van der Waals surface area (Å²) in [5, 5.41) is 15.9. The Morgan fingerprint density at radius 3 is 2.76 bits per heavy atom. The van der Waals surface area contributed by atoms with Gasteiger partial charge in [-0.15, -0.1) is 24.0 Å². The molecule has 3 rings (SSSR count). The van der Waals surface area contributed by atoms with Crippen molar-refractivity contribution in [2.75, 3.05) is 40.0 Å². The molecule has 1 atom stereocenters. The molecule has 7 nitrogen and oxygen atoms in total. The SMILES string of the molecule is CN=C(NCCc1coc(-c2ccc(F)cc2)n1)NCC1(CCO)CCOC1.I. The van der Waals surface area contributed by atoms with E-state index in [0.717, 1.165) is 24.3 Å². The second-order valence-corrected chi connectivity index (χ2v) is 7.03. The van der Waals surface area contributed by atoms with E-state index in [-0.39, 0.29) is 41.8 Å². The summed E-state index contributed by atoms with van der Waals surface area (Å²) in [5.41, 5.74) is 1.51. The lowest BCUT2D eigenvalue weighted by atomic mass is 9.84. The smallest absolute Gasteiger partial charge is 0.226 e. The third-order valence-electron chi connectivity index (χ3n) is 5.00. The summed E-state index contributed by atoms with van der Waals surface area (Å²) in [6.07, 6.45) is 3.92. The van der Waals surface area contributed by atoms with E-state index in [0.29, 0.717) is 44.4 Å². The number of halogens is 2. The number of aliphatic hydroxyl groups excluding tert-OH is 1. The van der Waals surface area contributed by atoms with Crippen molar-refractivity contribution in [2.24, 2.45) is 10.4 Å². The highest BCUT2D eigenvalue weighted by Gasteiger charge is 2.34. The molecule has 0 bridgehead atoms. The second-order valence-electron chi connectivity index (χ2n) is 7.03. The zero-order valence-electron chi connectivity index (χ0n) is 16.5. The molecule has 1 aliphatic rings. The van der Waals surface area contributed by atoms with Crippen LogP contribution in [0.25, 0.3) is 11.5 Å². The molecule has 0 saturated carbocycles. The van der Waals surface area contributed by atoms with Crippen molar-refractivity contribution in [3.63, 3.8) is 0 Å². The van der Waals surface area contributed by atoms with Crippen LogP contribution in [0.15, 0.2) is 39.9 Å². The topological polar surface area (TPSA) is 91.9 Å². The first-order valence-electron chi connectivity index (χ1n) is 9.48. The Balaban J connectivity index is 0.00000300. The van der Waals surface area contributed by atoms with Crippen LogP contribution in [0.1, 0.15) is 18.5 Å². The van der Waals surface area contributed by atoms with Crippen LogP contribution in [0.3, 0.4) is 0 Å². The number of nitrogens with one attached hydrogen (secondary N) is 2. The van der Waals surface area contributed by atoms with Crippen LogP contribution < -0.4 is 10.6 Å². The maximum atomic E-state index is 13.0. The van der Waals surface area contributed by atoms with Crippen molar-refractivity contribution >= 4 is 29.9 Å². The van der Waals surface area contributed by atoms with Gasteiger partial charge in [-0.25, -0.2) is 9.37 Å². The summed E-state index contributed by atoms with van der Waals surface area (Å²) in [4.78, 5) is 8.69. The van der Waals surface area contributed by atoms with Crippen LogP contribution in [-0.4, -0.2) is 56.0 Å². The summed E-state index contributed by atoms with van der Waals surface area (Å²) in [6, 6.07) is 6.05. The van der Waals surface area contributed by atoms with E-state index in [1.807, 2.05) is 0 Å². The standard InChI is InChI=1S/C20H27FN4O3.HI/c1-22-19(24-13-20(7-10-26)8-11-27-14-20)23-9-6-17-12-28-18(25-17)15-2-4-16(21)5-3-15;/h2-5,12,26H,6-11,13-14H2,1H3,(H2,22,23,24);1H. The molecule has 3 N–H and O–H groups in total. The molecule has 29 heavy (non-hydrogen) atoms. The van der Waals surface area contributed by atoms with Gasteiger partial charge in [-0.2, -0.15) is 0 Å². The highest BCUT2D eigenvalue weighted by atomic mass is 127. The minimum absolute atomic E-state index is 0. The molecule has 0 spiro atoms. The Bertz CT molecular complexity index is 776. The normalized spacial score (nSPS) is 19.1. The lowest BCUT2D eigenvalue weighted by molar-refractivity contribution is 0.127. The monoisotopic (exact) mass is 518 g/mol. The summed E-state index contributed by atoms with van der Waals surface area (Å²) in [6.45, 7) is 2.88. The van der Waals surface area contributed by atoms with Crippen molar-refractivity contribution in [2.45, 2.75) is 19.3 Å². The van der Waals surface area contributed by atoms with Gasteiger partial charge in [0.1, 0.15) is 12.1 Å². The van der Waals surface area contributed by atoms with Crippen LogP contribution in [0, 0.1) is 11.2 Å². The number of benzene rings is 1. The van der Waals surface area contributed by atoms with E-state index in [9.17, 15) is 9.50 Å². The molecular weight excluding hydrogens is 490 g/mol. The third kappa shape index (κ3) is 6.65. The van der Waals surface area contributed by atoms with Gasteiger partial charge >= 0.3 is 0 Å². The average Bonchev–Trinajstić information content (AvgIpc) is 3.36. The van der Waals surface area contributed by atoms with Gasteiger partial charge in [-0.3, -0.25) is 4.99 Å². The Hall–Kier alpha value is -1.72. The predicted molar refractivity (Wildman–Crippen MR) is 120 cm³/mol. The Kier molecular flexibility index (Phi) is 9.31. The number of nitrogens with zero attached hydrogens (tertiary/aromatic N) is 2. The van der Waals surface area contributed by atoms with Gasteiger partial charge < -0.3 is 24.9 Å². The minimum Gasteiger partial charge on any atom is -0.444 e. The number of aliphatic imine (C=N–C) groups is 1. The molecule has 2 aromatic rings. The Labute approximate surface area is 187 Å². The minimum atomic E-state index is -0.288. The zero-order chi connectivity index (χ0) is 19.8. The Morgan fingerprint density at radius 1 is 1.31 bits per heavy atom. The van der Waals surface area contributed by atoms with Gasteiger partial charge in [0.05, 0.1) is 12.3 Å². The molecule has 1 aromatic heterocycles. The fraction of sp³-hybridized carbons (Fsp3) is 0.500. The van der Waals surface area contributed by atoms with Gasteiger partial charge in [-0.05, 0) is 37.1 Å². The first-order valence-corrected chi connectivity index (χ1v) is 9.48. The first kappa shape index (κ1) is 23.6. The van der Waals surface area contributed by atoms with Crippen molar-refractivity contribution < 1.29 is 18.7 Å². The summed E-state index contributed by atoms with van der Waals surface area (Å²) in [5.74, 6) is 0.889. The second kappa shape index (κ2) is 11.5. The van der Waals surface area contributed by atoms with Crippen molar-refractivity contribution in [3.05, 3.63) is 42.0 Å². The van der Waals surface area contributed by atoms with Gasteiger partial charge in [0.15, 0.2) is 5.96 Å². The van der Waals surface area contributed by atoms with E-state index in [4.69, 9.17) is 9.15 Å². The molecule has 1 aliphatic heterocycles. The first-order chi connectivity index (χ1) is 13.6. The fourth-order valence-corrected chi connectivity index (χ4v) is 3.26. The van der Waals surface area contributed by atoms with Crippen molar-refractivity contribution in [3.8, 4) is 11.5 Å². The van der Waals surface area contributed by atoms with Crippen LogP contribution >= 0.6 is 24.0 Å². The number of rotatable bonds is 8. The maximum absolute atomic E-state index is 13.0. The molecule has 1 aromatic carbocycles. The Morgan fingerprint density at radius 2 is 2.10 bits per heavy atom. The van der Waals surface area contributed by atoms with Crippen LogP contribution in [-0.2, 0) is 11.2 Å². The highest BCUT2D eigenvalue weighted by molar-refractivity contribution is 14.0. The molecule has 1 unspecified atom stereocenters. The molecule has 0 radical (unpaired) electrons. The molecule has 2 heterocycles. The summed E-state index contributed by atoms with van der Waals surface area (Å²) in [7, 11) is 1.72. The maximum Gasteiger partial charge on any atom is 0.226 e. The van der Waals surface area contributed by atoms with Gasteiger partial charge in [0, 0.05) is 50.8 Å². The molecule has 9 heteroatoms. The third-order valence-corrected chi connectivity index (χ3v) is 5.00. The molecule has 160 valence electrons. The van der Waals surface area contributed by atoms with Crippen LogP contribution in [0.2, 0.25) is 0 Å². The average molecular weight is 518 g/mol. The van der Waals surface area contributed by atoms with E-state index in [1.165, 1.54) is 12.1 Å². The lowest BCUT2D eigenvalue weighted by Crippen LogP contribution is -2.45. The van der Waals surface area contributed by atoms with Crippen LogP contribution in [0.4, 0.5) is 4.39 Å². The number of aromatic nitrogens is 1. The number of oxazole rings is 1. The van der Waals surface area contributed by atoms with Gasteiger partial charge in [0.25, 0.3) is 0 Å². The molecular formula is C20H28FIN4O3. The fourth-order valence-electron chi connectivity index (χ4n) is 3.26. The van der Waals surface area contributed by atoms with E-state index >= 15 is 0 Å². The number of ether oxygens (including phenoxy) is 1.